The van der Waals surface area contributed by atoms with Crippen molar-refractivity contribution in [1.82, 2.24) is 4.90 Å². The van der Waals surface area contributed by atoms with Crippen molar-refractivity contribution in [3.63, 3.8) is 0 Å². The molecule has 0 atom stereocenters. The van der Waals surface area contributed by atoms with E-state index in [1.807, 2.05) is 23.1 Å². The number of likely N-dealkylation sites (tertiary alicyclic amines) is 1. The molecule has 2 aromatic rings. The normalized spacial score (nSPS) is 15.3. The number of hydrogen-bond acceptors (Lipinski definition) is 1. The summed E-state index contributed by atoms with van der Waals surface area (Å²) in [4.78, 5) is 14.5. The highest BCUT2D eigenvalue weighted by molar-refractivity contribution is 5.90. The minimum absolute atomic E-state index is 0.0362. The molecule has 1 aliphatic heterocycles. The molecule has 0 bridgehead atoms. The molecule has 2 aromatic carbocycles. The van der Waals surface area contributed by atoms with Crippen LogP contribution in [0.4, 0.5) is 10.5 Å². The predicted octanol–water partition coefficient (Wildman–Crippen LogP) is 4.74. The molecule has 1 heterocycles. The Morgan fingerprint density at radius 1 is 1.04 bits per heavy atom. The molecular formula is C21H26N2O. The van der Waals surface area contributed by atoms with Gasteiger partial charge in [-0.25, -0.2) is 4.79 Å². The standard InChI is InChI=1S/C21H26N2O/c1-2-19-10-6-7-11-20(19)22-21(24)23-14-12-18(13-15-23)16-17-8-4-3-5-9-17/h3-11,18H,2,12-16H2,1H3,(H,22,24). The molecular weight excluding hydrogens is 296 g/mol. The van der Waals surface area contributed by atoms with Gasteiger partial charge < -0.3 is 10.2 Å². The third kappa shape index (κ3) is 4.16. The Bertz CT molecular complexity index is 661. The zero-order valence-electron chi connectivity index (χ0n) is 14.4. The van der Waals surface area contributed by atoms with Crippen molar-refractivity contribution in [2.24, 2.45) is 5.92 Å². The van der Waals surface area contributed by atoms with Crippen molar-refractivity contribution in [1.29, 1.82) is 0 Å². The van der Waals surface area contributed by atoms with Crippen LogP contribution in [0.15, 0.2) is 54.6 Å². The van der Waals surface area contributed by atoms with E-state index in [9.17, 15) is 4.79 Å². The van der Waals surface area contributed by atoms with Crippen LogP contribution < -0.4 is 5.32 Å². The lowest BCUT2D eigenvalue weighted by atomic mass is 9.90. The smallest absolute Gasteiger partial charge is 0.321 e. The Balaban J connectivity index is 1.52. The summed E-state index contributed by atoms with van der Waals surface area (Å²) in [6, 6.07) is 18.7. The summed E-state index contributed by atoms with van der Waals surface area (Å²) < 4.78 is 0. The van der Waals surface area contributed by atoms with Crippen molar-refractivity contribution in [2.75, 3.05) is 18.4 Å². The molecule has 0 radical (unpaired) electrons. The first-order valence-corrected chi connectivity index (χ1v) is 8.94. The lowest BCUT2D eigenvalue weighted by Gasteiger charge is -2.32. The van der Waals surface area contributed by atoms with E-state index in [0.717, 1.165) is 44.5 Å². The van der Waals surface area contributed by atoms with E-state index < -0.39 is 0 Å². The van der Waals surface area contributed by atoms with E-state index in [2.05, 4.69) is 48.6 Å². The van der Waals surface area contributed by atoms with Gasteiger partial charge in [0.05, 0.1) is 0 Å². The third-order valence-electron chi connectivity index (χ3n) is 4.91. The summed E-state index contributed by atoms with van der Waals surface area (Å²) in [5, 5.41) is 3.08. The highest BCUT2D eigenvalue weighted by Gasteiger charge is 2.23. The summed E-state index contributed by atoms with van der Waals surface area (Å²) >= 11 is 0. The van der Waals surface area contributed by atoms with Crippen molar-refractivity contribution in [2.45, 2.75) is 32.6 Å². The molecule has 3 heteroatoms. The fourth-order valence-corrected chi connectivity index (χ4v) is 3.43. The van der Waals surface area contributed by atoms with Gasteiger partial charge in [0.25, 0.3) is 0 Å². The number of benzene rings is 2. The summed E-state index contributed by atoms with van der Waals surface area (Å²) in [7, 11) is 0. The van der Waals surface area contributed by atoms with Crippen LogP contribution in [0.5, 0.6) is 0 Å². The summed E-state index contributed by atoms with van der Waals surface area (Å²) in [6.45, 7) is 3.80. The molecule has 0 spiro atoms. The Labute approximate surface area is 144 Å². The Morgan fingerprint density at radius 2 is 1.71 bits per heavy atom. The van der Waals surface area contributed by atoms with Gasteiger partial charge in [-0.1, -0.05) is 55.5 Å². The van der Waals surface area contributed by atoms with Gasteiger partial charge >= 0.3 is 6.03 Å². The molecule has 2 amide bonds. The molecule has 3 nitrogen and oxygen atoms in total. The molecule has 126 valence electrons. The molecule has 0 aromatic heterocycles. The first-order chi connectivity index (χ1) is 11.8. The number of piperidine rings is 1. The number of carbonyl (C=O) groups excluding carboxylic acids is 1. The van der Waals surface area contributed by atoms with E-state index in [4.69, 9.17) is 0 Å². The molecule has 0 saturated carbocycles. The van der Waals surface area contributed by atoms with Crippen molar-refractivity contribution >= 4 is 11.7 Å². The lowest BCUT2D eigenvalue weighted by molar-refractivity contribution is 0.182. The van der Waals surface area contributed by atoms with E-state index in [0.29, 0.717) is 5.92 Å². The number of para-hydroxylation sites is 1. The van der Waals surface area contributed by atoms with Crippen LogP contribution in [-0.4, -0.2) is 24.0 Å². The molecule has 24 heavy (non-hydrogen) atoms. The van der Waals surface area contributed by atoms with Crippen LogP contribution in [0.2, 0.25) is 0 Å². The maximum atomic E-state index is 12.5. The fraction of sp³-hybridized carbons (Fsp3) is 0.381. The highest BCUT2D eigenvalue weighted by Crippen LogP contribution is 2.23. The number of urea groups is 1. The Hall–Kier alpha value is -2.29. The maximum Gasteiger partial charge on any atom is 0.321 e. The topological polar surface area (TPSA) is 32.3 Å². The van der Waals surface area contributed by atoms with Gasteiger partial charge in [-0.2, -0.15) is 0 Å². The van der Waals surface area contributed by atoms with Crippen LogP contribution in [0, 0.1) is 5.92 Å². The summed E-state index contributed by atoms with van der Waals surface area (Å²) in [5.74, 6) is 0.680. The summed E-state index contributed by atoms with van der Waals surface area (Å²) in [5.41, 5.74) is 3.53. The zero-order chi connectivity index (χ0) is 16.8. The molecule has 1 fully saturated rings. The third-order valence-corrected chi connectivity index (χ3v) is 4.91. The van der Waals surface area contributed by atoms with Gasteiger partial charge in [0.15, 0.2) is 0 Å². The molecule has 0 unspecified atom stereocenters. The predicted molar refractivity (Wildman–Crippen MR) is 99.3 cm³/mol. The first-order valence-electron chi connectivity index (χ1n) is 8.94. The maximum absolute atomic E-state index is 12.5. The molecule has 1 aliphatic rings. The van der Waals surface area contributed by atoms with E-state index >= 15 is 0 Å². The lowest BCUT2D eigenvalue weighted by Crippen LogP contribution is -2.41. The number of amides is 2. The van der Waals surface area contributed by atoms with E-state index in [1.165, 1.54) is 11.1 Å². The first kappa shape index (κ1) is 16.6. The second-order valence-electron chi connectivity index (χ2n) is 6.56. The zero-order valence-corrected chi connectivity index (χ0v) is 14.4. The van der Waals surface area contributed by atoms with Gasteiger partial charge in [0.1, 0.15) is 0 Å². The van der Waals surface area contributed by atoms with Crippen LogP contribution >= 0.6 is 0 Å². The van der Waals surface area contributed by atoms with Crippen molar-refractivity contribution in [3.05, 3.63) is 65.7 Å². The van der Waals surface area contributed by atoms with Gasteiger partial charge in [0, 0.05) is 18.8 Å². The van der Waals surface area contributed by atoms with Crippen LogP contribution in [0.1, 0.15) is 30.9 Å². The van der Waals surface area contributed by atoms with Crippen molar-refractivity contribution in [3.8, 4) is 0 Å². The van der Waals surface area contributed by atoms with Crippen LogP contribution in [0.3, 0.4) is 0 Å². The monoisotopic (exact) mass is 322 g/mol. The van der Waals surface area contributed by atoms with Gasteiger partial charge in [0.2, 0.25) is 0 Å². The molecule has 1 N–H and O–H groups in total. The SMILES string of the molecule is CCc1ccccc1NC(=O)N1CCC(Cc2ccccc2)CC1. The second-order valence-corrected chi connectivity index (χ2v) is 6.56. The van der Waals surface area contributed by atoms with Gasteiger partial charge in [-0.3, -0.25) is 0 Å². The number of rotatable bonds is 4. The number of carbonyl (C=O) groups is 1. The van der Waals surface area contributed by atoms with Gasteiger partial charge in [-0.15, -0.1) is 0 Å². The summed E-state index contributed by atoms with van der Waals surface area (Å²) in [6.07, 6.45) is 4.21. The molecule has 0 aliphatic carbocycles. The number of aryl methyl sites for hydroxylation is 1. The number of anilines is 1. The molecule has 1 saturated heterocycles. The van der Waals surface area contributed by atoms with E-state index in [1.54, 1.807) is 0 Å². The number of nitrogens with one attached hydrogen (secondary N) is 1. The largest absolute Gasteiger partial charge is 0.325 e. The van der Waals surface area contributed by atoms with Crippen LogP contribution in [-0.2, 0) is 12.8 Å². The quantitative estimate of drug-likeness (QED) is 0.866. The van der Waals surface area contributed by atoms with Gasteiger partial charge in [-0.05, 0) is 48.8 Å². The average molecular weight is 322 g/mol. The Kier molecular flexibility index (Phi) is 5.52. The minimum Gasteiger partial charge on any atom is -0.325 e. The average Bonchev–Trinajstić information content (AvgIpc) is 2.63. The number of nitrogens with zero attached hydrogens (tertiary/aromatic N) is 1. The fourth-order valence-electron chi connectivity index (χ4n) is 3.43. The minimum atomic E-state index is 0.0362. The van der Waals surface area contributed by atoms with Crippen LogP contribution in [0.25, 0.3) is 0 Å². The molecule has 3 rings (SSSR count). The van der Waals surface area contributed by atoms with E-state index in [-0.39, 0.29) is 6.03 Å². The highest BCUT2D eigenvalue weighted by atomic mass is 16.2. The van der Waals surface area contributed by atoms with Crippen molar-refractivity contribution < 1.29 is 4.79 Å². The second kappa shape index (κ2) is 8.00. The number of hydrogen-bond donors (Lipinski definition) is 1. The Morgan fingerprint density at radius 3 is 2.42 bits per heavy atom.